The molecule has 2 rings (SSSR count). The first kappa shape index (κ1) is 15.7. The van der Waals surface area contributed by atoms with Gasteiger partial charge in [-0.1, -0.05) is 28.1 Å². The van der Waals surface area contributed by atoms with Crippen LogP contribution in [0, 0.1) is 6.92 Å². The molecule has 3 nitrogen and oxygen atoms in total. The fourth-order valence-electron chi connectivity index (χ4n) is 2.02. The van der Waals surface area contributed by atoms with Crippen molar-refractivity contribution in [2.75, 3.05) is 25.1 Å². The van der Waals surface area contributed by atoms with Crippen molar-refractivity contribution in [3.8, 4) is 11.5 Å². The third-order valence-electron chi connectivity index (χ3n) is 3.01. The maximum absolute atomic E-state index is 5.78. The maximum Gasteiger partial charge on any atom is 0.161 e. The van der Waals surface area contributed by atoms with Gasteiger partial charge in [-0.05, 0) is 49.7 Å². The van der Waals surface area contributed by atoms with Crippen molar-refractivity contribution in [3.63, 3.8) is 0 Å². The minimum atomic E-state index is 0.583. The number of halogens is 1. The first-order valence-corrected chi connectivity index (χ1v) is 7.84. The van der Waals surface area contributed by atoms with Gasteiger partial charge < -0.3 is 14.8 Å². The van der Waals surface area contributed by atoms with E-state index in [1.54, 1.807) is 0 Å². The number of para-hydroxylation sites is 2. The molecule has 2 aromatic carbocycles. The van der Waals surface area contributed by atoms with Crippen molar-refractivity contribution < 1.29 is 9.47 Å². The number of aryl methyl sites for hydroxylation is 1. The highest BCUT2D eigenvalue weighted by Crippen LogP contribution is 2.26. The Morgan fingerprint density at radius 3 is 2.43 bits per heavy atom. The molecule has 0 saturated carbocycles. The van der Waals surface area contributed by atoms with Crippen LogP contribution in [0.1, 0.15) is 12.5 Å². The smallest absolute Gasteiger partial charge is 0.161 e. The van der Waals surface area contributed by atoms with Crippen LogP contribution in [0.2, 0.25) is 0 Å². The predicted molar refractivity (Wildman–Crippen MR) is 90.5 cm³/mol. The van der Waals surface area contributed by atoms with Crippen molar-refractivity contribution in [2.45, 2.75) is 13.8 Å². The van der Waals surface area contributed by atoms with Crippen molar-refractivity contribution in [1.29, 1.82) is 0 Å². The van der Waals surface area contributed by atoms with Crippen molar-refractivity contribution in [1.82, 2.24) is 0 Å². The Balaban J connectivity index is 1.84. The second kappa shape index (κ2) is 7.93. The molecule has 0 spiro atoms. The van der Waals surface area contributed by atoms with Gasteiger partial charge in [0.25, 0.3) is 0 Å². The summed E-state index contributed by atoms with van der Waals surface area (Å²) < 4.78 is 12.4. The summed E-state index contributed by atoms with van der Waals surface area (Å²) in [7, 11) is 0. The normalized spacial score (nSPS) is 10.2. The third kappa shape index (κ3) is 4.67. The Labute approximate surface area is 134 Å². The highest BCUT2D eigenvalue weighted by Gasteiger charge is 2.03. The van der Waals surface area contributed by atoms with Gasteiger partial charge in [-0.15, -0.1) is 0 Å². The van der Waals surface area contributed by atoms with E-state index in [9.17, 15) is 0 Å². The maximum atomic E-state index is 5.78. The van der Waals surface area contributed by atoms with Crippen molar-refractivity contribution >= 4 is 21.6 Å². The standard InChI is InChI=1S/C17H20BrNO2/c1-3-20-16-6-4-5-7-17(16)21-11-10-19-15-9-8-14(18)12-13(15)2/h4-9,12,19H,3,10-11H2,1-2H3. The quantitative estimate of drug-likeness (QED) is 0.738. The molecule has 0 atom stereocenters. The molecule has 1 N–H and O–H groups in total. The zero-order valence-electron chi connectivity index (χ0n) is 12.4. The molecule has 0 fully saturated rings. The Morgan fingerprint density at radius 2 is 1.76 bits per heavy atom. The summed E-state index contributed by atoms with van der Waals surface area (Å²) in [6.07, 6.45) is 0. The van der Waals surface area contributed by atoms with Crippen LogP contribution in [0.25, 0.3) is 0 Å². The largest absolute Gasteiger partial charge is 0.490 e. The van der Waals surface area contributed by atoms with Gasteiger partial charge in [-0.3, -0.25) is 0 Å². The Hall–Kier alpha value is -1.68. The van der Waals surface area contributed by atoms with Crippen LogP contribution in [0.3, 0.4) is 0 Å². The number of ether oxygens (including phenoxy) is 2. The first-order chi connectivity index (χ1) is 10.2. The van der Waals surface area contributed by atoms with Gasteiger partial charge in [0.15, 0.2) is 11.5 Å². The highest BCUT2D eigenvalue weighted by molar-refractivity contribution is 9.10. The number of rotatable bonds is 7. The van der Waals surface area contributed by atoms with E-state index in [1.165, 1.54) is 5.56 Å². The summed E-state index contributed by atoms with van der Waals surface area (Å²) in [6, 6.07) is 13.9. The first-order valence-electron chi connectivity index (χ1n) is 7.05. The molecular formula is C17H20BrNO2. The van der Waals surface area contributed by atoms with Gasteiger partial charge in [0.1, 0.15) is 6.61 Å². The summed E-state index contributed by atoms with van der Waals surface area (Å²) >= 11 is 3.46. The fraction of sp³-hybridized carbons (Fsp3) is 0.294. The van der Waals surface area contributed by atoms with E-state index in [0.717, 1.165) is 28.2 Å². The van der Waals surface area contributed by atoms with Crippen LogP contribution in [0.5, 0.6) is 11.5 Å². The van der Waals surface area contributed by atoms with Crippen molar-refractivity contribution in [3.05, 3.63) is 52.5 Å². The molecule has 0 aromatic heterocycles. The van der Waals surface area contributed by atoms with Crippen molar-refractivity contribution in [2.24, 2.45) is 0 Å². The lowest BCUT2D eigenvalue weighted by Gasteiger charge is -2.13. The molecule has 2 aromatic rings. The fourth-order valence-corrected chi connectivity index (χ4v) is 2.49. The van der Waals surface area contributed by atoms with Gasteiger partial charge in [0, 0.05) is 16.7 Å². The van der Waals surface area contributed by atoms with Gasteiger partial charge in [-0.25, -0.2) is 0 Å². The summed E-state index contributed by atoms with van der Waals surface area (Å²) in [5.74, 6) is 1.58. The molecule has 0 radical (unpaired) electrons. The van der Waals surface area contributed by atoms with E-state index in [0.29, 0.717) is 13.2 Å². The molecule has 0 saturated heterocycles. The minimum absolute atomic E-state index is 0.583. The summed E-state index contributed by atoms with van der Waals surface area (Å²) in [6.45, 7) is 6.01. The van der Waals surface area contributed by atoms with E-state index in [2.05, 4.69) is 40.3 Å². The zero-order valence-corrected chi connectivity index (χ0v) is 13.9. The van der Waals surface area contributed by atoms with Gasteiger partial charge in [0.2, 0.25) is 0 Å². The third-order valence-corrected chi connectivity index (χ3v) is 3.51. The van der Waals surface area contributed by atoms with Gasteiger partial charge >= 0.3 is 0 Å². The number of benzene rings is 2. The van der Waals surface area contributed by atoms with E-state index < -0.39 is 0 Å². The summed E-state index contributed by atoms with van der Waals surface area (Å²) in [4.78, 5) is 0. The second-order valence-electron chi connectivity index (χ2n) is 4.61. The van der Waals surface area contributed by atoms with Crippen LogP contribution in [-0.4, -0.2) is 19.8 Å². The van der Waals surface area contributed by atoms with E-state index in [-0.39, 0.29) is 0 Å². The molecule has 21 heavy (non-hydrogen) atoms. The number of anilines is 1. The summed E-state index contributed by atoms with van der Waals surface area (Å²) in [5.41, 5.74) is 2.33. The predicted octanol–water partition coefficient (Wildman–Crippen LogP) is 4.65. The molecule has 0 aliphatic carbocycles. The number of hydrogen-bond donors (Lipinski definition) is 1. The average molecular weight is 350 g/mol. The molecule has 0 aliphatic rings. The second-order valence-corrected chi connectivity index (χ2v) is 5.53. The molecule has 0 aliphatic heterocycles. The molecule has 4 heteroatoms. The molecule has 0 heterocycles. The van der Waals surface area contributed by atoms with Crippen LogP contribution in [0.4, 0.5) is 5.69 Å². The number of nitrogens with one attached hydrogen (secondary N) is 1. The Morgan fingerprint density at radius 1 is 1.05 bits per heavy atom. The molecular weight excluding hydrogens is 330 g/mol. The highest BCUT2D eigenvalue weighted by atomic mass is 79.9. The van der Waals surface area contributed by atoms with E-state index in [1.807, 2.05) is 37.3 Å². The van der Waals surface area contributed by atoms with Crippen LogP contribution >= 0.6 is 15.9 Å². The molecule has 0 unspecified atom stereocenters. The SMILES string of the molecule is CCOc1ccccc1OCCNc1ccc(Br)cc1C. The monoisotopic (exact) mass is 349 g/mol. The lowest BCUT2D eigenvalue weighted by molar-refractivity contribution is 0.284. The molecule has 112 valence electrons. The topological polar surface area (TPSA) is 30.5 Å². The lowest BCUT2D eigenvalue weighted by Crippen LogP contribution is -2.12. The van der Waals surface area contributed by atoms with E-state index in [4.69, 9.17) is 9.47 Å². The molecule has 0 amide bonds. The zero-order chi connectivity index (χ0) is 15.1. The van der Waals surface area contributed by atoms with Crippen LogP contribution in [-0.2, 0) is 0 Å². The van der Waals surface area contributed by atoms with Crippen LogP contribution in [0.15, 0.2) is 46.9 Å². The molecule has 0 bridgehead atoms. The Bertz CT molecular complexity index is 587. The lowest BCUT2D eigenvalue weighted by atomic mass is 10.2. The van der Waals surface area contributed by atoms with Gasteiger partial charge in [-0.2, -0.15) is 0 Å². The number of hydrogen-bond acceptors (Lipinski definition) is 3. The van der Waals surface area contributed by atoms with E-state index >= 15 is 0 Å². The minimum Gasteiger partial charge on any atom is -0.490 e. The summed E-state index contributed by atoms with van der Waals surface area (Å²) in [5, 5.41) is 3.38. The average Bonchev–Trinajstić information content (AvgIpc) is 2.47. The Kier molecular flexibility index (Phi) is 5.93. The van der Waals surface area contributed by atoms with Gasteiger partial charge in [0.05, 0.1) is 6.61 Å². The van der Waals surface area contributed by atoms with Crippen LogP contribution < -0.4 is 14.8 Å².